The van der Waals surface area contributed by atoms with E-state index < -0.39 is 11.7 Å². The molecule has 4 N–H and O–H groups in total. The Balaban J connectivity index is 1.77. The molecule has 0 aromatic carbocycles. The van der Waals surface area contributed by atoms with Gasteiger partial charge in [-0.2, -0.15) is 13.2 Å². The number of amides is 1. The third kappa shape index (κ3) is 4.95. The molecule has 1 aromatic rings. The van der Waals surface area contributed by atoms with Gasteiger partial charge in [0.05, 0.1) is 10.6 Å². The number of carbonyl (C=O) groups is 1. The number of halogens is 4. The number of hydrazine groups is 1. The SMILES string of the molecule is CC1CC(C(=O)NCCNc2ncc(C(F)(F)F)cc2Cl)NN1. The van der Waals surface area contributed by atoms with E-state index >= 15 is 0 Å². The first-order valence-corrected chi connectivity index (χ1v) is 7.40. The van der Waals surface area contributed by atoms with Gasteiger partial charge in [0.15, 0.2) is 0 Å². The highest BCUT2D eigenvalue weighted by atomic mass is 35.5. The van der Waals surface area contributed by atoms with E-state index in [1.165, 1.54) is 0 Å². The number of nitrogens with one attached hydrogen (secondary N) is 4. The number of aromatic nitrogens is 1. The van der Waals surface area contributed by atoms with Gasteiger partial charge in [-0.15, -0.1) is 0 Å². The van der Waals surface area contributed by atoms with Crippen molar-refractivity contribution < 1.29 is 18.0 Å². The molecule has 1 aliphatic heterocycles. The molecule has 2 atom stereocenters. The molecule has 1 aromatic heterocycles. The lowest BCUT2D eigenvalue weighted by atomic mass is 10.1. The van der Waals surface area contributed by atoms with Crippen LogP contribution >= 0.6 is 11.6 Å². The molecule has 0 spiro atoms. The second-order valence-corrected chi connectivity index (χ2v) is 5.66. The number of hydrogen-bond donors (Lipinski definition) is 4. The van der Waals surface area contributed by atoms with E-state index in [0.717, 1.165) is 6.07 Å². The van der Waals surface area contributed by atoms with E-state index in [4.69, 9.17) is 11.6 Å². The van der Waals surface area contributed by atoms with Crippen LogP contribution in [0.15, 0.2) is 12.3 Å². The van der Waals surface area contributed by atoms with E-state index in [1.54, 1.807) is 0 Å². The molecule has 2 unspecified atom stereocenters. The van der Waals surface area contributed by atoms with Gasteiger partial charge in [-0.05, 0) is 19.4 Å². The summed E-state index contributed by atoms with van der Waals surface area (Å²) in [6.07, 6.45) is -3.09. The van der Waals surface area contributed by atoms with Crippen molar-refractivity contribution in [3.63, 3.8) is 0 Å². The Morgan fingerprint density at radius 1 is 1.43 bits per heavy atom. The minimum absolute atomic E-state index is 0.123. The van der Waals surface area contributed by atoms with Crippen molar-refractivity contribution in [2.24, 2.45) is 0 Å². The van der Waals surface area contributed by atoms with E-state index in [1.807, 2.05) is 6.92 Å². The fraction of sp³-hybridized carbons (Fsp3) is 0.538. The molecule has 0 aliphatic carbocycles. The molecule has 2 heterocycles. The van der Waals surface area contributed by atoms with Crippen LogP contribution in [0.3, 0.4) is 0 Å². The summed E-state index contributed by atoms with van der Waals surface area (Å²) in [5.74, 6) is -0.00155. The summed E-state index contributed by atoms with van der Waals surface area (Å²) in [5.41, 5.74) is 4.91. The second-order valence-electron chi connectivity index (χ2n) is 5.25. The maximum Gasteiger partial charge on any atom is 0.417 e. The third-order valence-electron chi connectivity index (χ3n) is 3.29. The first kappa shape index (κ1) is 17.8. The fourth-order valence-electron chi connectivity index (χ4n) is 2.10. The summed E-state index contributed by atoms with van der Waals surface area (Å²) in [4.78, 5) is 15.5. The van der Waals surface area contributed by atoms with Gasteiger partial charge < -0.3 is 10.6 Å². The van der Waals surface area contributed by atoms with Crippen molar-refractivity contribution in [2.45, 2.75) is 31.6 Å². The molecule has 2 rings (SSSR count). The predicted octanol–water partition coefficient (Wildman–Crippen LogP) is 1.54. The summed E-state index contributed by atoms with van der Waals surface area (Å²) in [6.45, 7) is 2.55. The highest BCUT2D eigenvalue weighted by Gasteiger charge is 2.31. The number of anilines is 1. The lowest BCUT2D eigenvalue weighted by Crippen LogP contribution is -2.44. The van der Waals surface area contributed by atoms with Crippen LogP contribution in [0.2, 0.25) is 5.02 Å². The first-order chi connectivity index (χ1) is 10.8. The minimum Gasteiger partial charge on any atom is -0.367 e. The summed E-state index contributed by atoms with van der Waals surface area (Å²) in [6, 6.07) is 0.738. The molecule has 1 aliphatic rings. The monoisotopic (exact) mass is 351 g/mol. The van der Waals surface area contributed by atoms with E-state index in [0.29, 0.717) is 25.7 Å². The highest BCUT2D eigenvalue weighted by Crippen LogP contribution is 2.32. The zero-order valence-electron chi connectivity index (χ0n) is 12.3. The van der Waals surface area contributed by atoms with E-state index in [-0.39, 0.29) is 28.8 Å². The molecule has 1 saturated heterocycles. The van der Waals surface area contributed by atoms with E-state index in [2.05, 4.69) is 26.5 Å². The maximum absolute atomic E-state index is 12.5. The highest BCUT2D eigenvalue weighted by molar-refractivity contribution is 6.32. The number of carbonyl (C=O) groups excluding carboxylic acids is 1. The van der Waals surface area contributed by atoms with Crippen molar-refractivity contribution in [1.82, 2.24) is 21.2 Å². The Morgan fingerprint density at radius 2 is 2.17 bits per heavy atom. The van der Waals surface area contributed by atoms with Crippen molar-refractivity contribution in [2.75, 3.05) is 18.4 Å². The summed E-state index contributed by atoms with van der Waals surface area (Å²) in [7, 11) is 0. The Kier molecular flexibility index (Phi) is 5.66. The molecule has 6 nitrogen and oxygen atoms in total. The molecular formula is C13H17ClF3N5O. The Bertz CT molecular complexity index is 569. The molecular weight excluding hydrogens is 335 g/mol. The van der Waals surface area contributed by atoms with Crippen LogP contribution in [-0.2, 0) is 11.0 Å². The molecule has 10 heteroatoms. The Morgan fingerprint density at radius 3 is 2.74 bits per heavy atom. The van der Waals surface area contributed by atoms with Gasteiger partial charge in [-0.25, -0.2) is 10.4 Å². The van der Waals surface area contributed by atoms with Gasteiger partial charge in [0.2, 0.25) is 5.91 Å². The smallest absolute Gasteiger partial charge is 0.367 e. The average Bonchev–Trinajstić information content (AvgIpc) is 2.90. The van der Waals surface area contributed by atoms with Crippen molar-refractivity contribution >= 4 is 23.3 Å². The Hall–Kier alpha value is -1.58. The topological polar surface area (TPSA) is 78.1 Å². The molecule has 1 fully saturated rings. The summed E-state index contributed by atoms with van der Waals surface area (Å²) >= 11 is 5.77. The van der Waals surface area contributed by atoms with Crippen LogP contribution in [-0.4, -0.2) is 36.1 Å². The summed E-state index contributed by atoms with van der Waals surface area (Å²) < 4.78 is 37.5. The minimum atomic E-state index is -4.48. The van der Waals surface area contributed by atoms with Gasteiger partial charge in [0, 0.05) is 25.3 Å². The van der Waals surface area contributed by atoms with Gasteiger partial charge >= 0.3 is 6.18 Å². The number of pyridine rings is 1. The average molecular weight is 352 g/mol. The fourth-order valence-corrected chi connectivity index (χ4v) is 2.33. The maximum atomic E-state index is 12.5. The largest absolute Gasteiger partial charge is 0.417 e. The number of nitrogens with zero attached hydrogens (tertiary/aromatic N) is 1. The normalized spacial score (nSPS) is 21.3. The third-order valence-corrected chi connectivity index (χ3v) is 3.58. The van der Waals surface area contributed by atoms with Crippen LogP contribution in [0.1, 0.15) is 18.9 Å². The van der Waals surface area contributed by atoms with Crippen LogP contribution in [0.4, 0.5) is 19.0 Å². The zero-order valence-corrected chi connectivity index (χ0v) is 13.1. The molecule has 0 saturated carbocycles. The standard InChI is InChI=1S/C13H17ClF3N5O/c1-7-4-10(22-21-7)12(23)19-3-2-18-11-9(14)5-8(6-20-11)13(15,16)17/h5-7,10,21-22H,2-4H2,1H3,(H,18,20)(H,19,23). The lowest BCUT2D eigenvalue weighted by Gasteiger charge is -2.13. The van der Waals surface area contributed by atoms with E-state index in [9.17, 15) is 18.0 Å². The van der Waals surface area contributed by atoms with Crippen LogP contribution in [0.25, 0.3) is 0 Å². The number of rotatable bonds is 5. The van der Waals surface area contributed by atoms with Gasteiger partial charge in [0.1, 0.15) is 11.9 Å². The Labute approximate surface area is 136 Å². The molecule has 1 amide bonds. The molecule has 128 valence electrons. The second kappa shape index (κ2) is 7.33. The van der Waals surface area contributed by atoms with Crippen molar-refractivity contribution in [3.05, 3.63) is 22.8 Å². The number of hydrogen-bond acceptors (Lipinski definition) is 5. The van der Waals surface area contributed by atoms with Crippen LogP contribution in [0.5, 0.6) is 0 Å². The molecule has 0 bridgehead atoms. The first-order valence-electron chi connectivity index (χ1n) is 7.02. The zero-order chi connectivity index (χ0) is 17.0. The summed E-state index contributed by atoms with van der Waals surface area (Å²) in [5, 5.41) is 5.38. The lowest BCUT2D eigenvalue weighted by molar-refractivity contribution is -0.137. The van der Waals surface area contributed by atoms with Crippen LogP contribution < -0.4 is 21.5 Å². The molecule has 23 heavy (non-hydrogen) atoms. The van der Waals surface area contributed by atoms with Crippen LogP contribution in [0, 0.1) is 0 Å². The number of alkyl halides is 3. The molecule has 0 radical (unpaired) electrons. The van der Waals surface area contributed by atoms with Gasteiger partial charge in [-0.3, -0.25) is 10.2 Å². The van der Waals surface area contributed by atoms with Gasteiger partial charge in [-0.1, -0.05) is 11.6 Å². The van der Waals surface area contributed by atoms with Gasteiger partial charge in [0.25, 0.3) is 0 Å². The van der Waals surface area contributed by atoms with Crippen molar-refractivity contribution in [1.29, 1.82) is 0 Å². The van der Waals surface area contributed by atoms with Crippen molar-refractivity contribution in [3.8, 4) is 0 Å². The quantitative estimate of drug-likeness (QED) is 0.605. The predicted molar refractivity (Wildman–Crippen MR) is 79.9 cm³/mol.